The average Bonchev–Trinajstić information content (AvgIpc) is 3.15. The Morgan fingerprint density at radius 3 is 2.64 bits per heavy atom. The van der Waals surface area contributed by atoms with Crippen LogP contribution in [-0.2, 0) is 7.05 Å². The van der Waals surface area contributed by atoms with Gasteiger partial charge in [-0.15, -0.1) is 10.2 Å². The van der Waals surface area contributed by atoms with Crippen LogP contribution in [0.5, 0.6) is 0 Å². The number of ketones is 1. The number of Topliss-reactive ketones (excluding diaryl/α,β-unsaturated/α-hetero) is 1. The lowest BCUT2D eigenvalue weighted by atomic mass is 10.0. The second-order valence-electron chi connectivity index (χ2n) is 6.20. The van der Waals surface area contributed by atoms with Crippen LogP contribution in [0.15, 0.2) is 40.1 Å². The fourth-order valence-corrected chi connectivity index (χ4v) is 3.58. The number of hydrogen-bond acceptors (Lipinski definition) is 5. The molecule has 3 rings (SSSR count). The Morgan fingerprint density at radius 2 is 1.96 bits per heavy atom. The number of thioether (sulfide) groups is 1. The van der Waals surface area contributed by atoms with Crippen molar-refractivity contribution in [1.82, 2.24) is 14.8 Å². The molecule has 0 saturated carbocycles. The standard InChI is InChI=1S/C19H21N3O2S/c1-11-6-7-12(2)16(10-11)17(23)14(4)25-19-21-20-18(22(19)5)15-8-9-24-13(15)3/h6-10,14H,1-5H3/t14-/m0/s1. The van der Waals surface area contributed by atoms with Gasteiger partial charge >= 0.3 is 0 Å². The summed E-state index contributed by atoms with van der Waals surface area (Å²) in [7, 11) is 1.90. The van der Waals surface area contributed by atoms with E-state index < -0.39 is 0 Å². The van der Waals surface area contributed by atoms with Gasteiger partial charge in [0, 0.05) is 12.6 Å². The molecule has 0 aliphatic rings. The number of hydrogen-bond donors (Lipinski definition) is 0. The highest BCUT2D eigenvalue weighted by Gasteiger charge is 2.22. The summed E-state index contributed by atoms with van der Waals surface area (Å²) in [6.45, 7) is 7.76. The molecule has 130 valence electrons. The monoisotopic (exact) mass is 355 g/mol. The van der Waals surface area contributed by atoms with E-state index in [1.807, 2.05) is 63.6 Å². The smallest absolute Gasteiger partial charge is 0.191 e. The van der Waals surface area contributed by atoms with E-state index in [1.165, 1.54) is 11.8 Å². The summed E-state index contributed by atoms with van der Waals surface area (Å²) in [4.78, 5) is 12.8. The first-order valence-corrected chi connectivity index (χ1v) is 8.98. The summed E-state index contributed by atoms with van der Waals surface area (Å²) in [5.41, 5.74) is 3.77. The lowest BCUT2D eigenvalue weighted by Crippen LogP contribution is -2.16. The summed E-state index contributed by atoms with van der Waals surface area (Å²) >= 11 is 1.42. The van der Waals surface area contributed by atoms with Gasteiger partial charge in [-0.25, -0.2) is 0 Å². The maximum absolute atomic E-state index is 12.8. The third-order valence-electron chi connectivity index (χ3n) is 4.24. The number of carbonyl (C=O) groups excluding carboxylic acids is 1. The maximum atomic E-state index is 12.8. The van der Waals surface area contributed by atoms with Gasteiger partial charge in [0.2, 0.25) is 0 Å². The molecule has 0 aliphatic heterocycles. The normalized spacial score (nSPS) is 12.4. The van der Waals surface area contributed by atoms with Gasteiger partial charge in [-0.1, -0.05) is 29.5 Å². The van der Waals surface area contributed by atoms with Gasteiger partial charge in [0.25, 0.3) is 0 Å². The third-order valence-corrected chi connectivity index (χ3v) is 5.38. The van der Waals surface area contributed by atoms with Crippen molar-refractivity contribution in [3.8, 4) is 11.4 Å². The predicted octanol–water partition coefficient (Wildman–Crippen LogP) is 4.36. The molecule has 0 amide bonds. The SMILES string of the molecule is Cc1ccc(C)c(C(=O)[C@H](C)Sc2nnc(-c3ccoc3C)n2C)c1. The highest BCUT2D eigenvalue weighted by molar-refractivity contribution is 8.00. The van der Waals surface area contributed by atoms with Crippen molar-refractivity contribution in [3.63, 3.8) is 0 Å². The van der Waals surface area contributed by atoms with Crippen LogP contribution in [-0.4, -0.2) is 25.8 Å². The van der Waals surface area contributed by atoms with Gasteiger partial charge in [-0.3, -0.25) is 4.79 Å². The lowest BCUT2D eigenvalue weighted by Gasteiger charge is -2.12. The molecule has 0 saturated heterocycles. The number of nitrogens with zero attached hydrogens (tertiary/aromatic N) is 3. The van der Waals surface area contributed by atoms with E-state index in [0.29, 0.717) is 5.16 Å². The van der Waals surface area contributed by atoms with Gasteiger partial charge in [0.1, 0.15) is 5.76 Å². The molecule has 0 N–H and O–H groups in total. The largest absolute Gasteiger partial charge is 0.469 e. The Balaban J connectivity index is 1.83. The molecule has 0 spiro atoms. The van der Waals surface area contributed by atoms with E-state index in [1.54, 1.807) is 6.26 Å². The quantitative estimate of drug-likeness (QED) is 0.502. The van der Waals surface area contributed by atoms with Crippen LogP contribution in [0.4, 0.5) is 0 Å². The molecule has 0 aliphatic carbocycles. The van der Waals surface area contributed by atoms with Crippen LogP contribution in [0, 0.1) is 20.8 Å². The van der Waals surface area contributed by atoms with Crippen LogP contribution >= 0.6 is 11.8 Å². The molecule has 6 heteroatoms. The number of carbonyl (C=O) groups is 1. The zero-order valence-electron chi connectivity index (χ0n) is 15.0. The van der Waals surface area contributed by atoms with E-state index >= 15 is 0 Å². The summed E-state index contributed by atoms with van der Waals surface area (Å²) in [6.07, 6.45) is 1.64. The molecule has 3 aromatic rings. The summed E-state index contributed by atoms with van der Waals surface area (Å²) in [5.74, 6) is 1.64. The van der Waals surface area contributed by atoms with Crippen molar-refractivity contribution >= 4 is 17.5 Å². The average molecular weight is 355 g/mol. The first-order valence-electron chi connectivity index (χ1n) is 8.10. The van der Waals surface area contributed by atoms with Crippen LogP contribution in [0.1, 0.15) is 34.2 Å². The molecule has 5 nitrogen and oxygen atoms in total. The first kappa shape index (κ1) is 17.5. The van der Waals surface area contributed by atoms with Crippen molar-refractivity contribution < 1.29 is 9.21 Å². The molecule has 25 heavy (non-hydrogen) atoms. The fraction of sp³-hybridized carbons (Fsp3) is 0.316. The van der Waals surface area contributed by atoms with Crippen molar-refractivity contribution in [1.29, 1.82) is 0 Å². The Kier molecular flexibility index (Phi) is 4.81. The summed E-state index contributed by atoms with van der Waals surface area (Å²) in [5, 5.41) is 8.97. The lowest BCUT2D eigenvalue weighted by molar-refractivity contribution is 0.0993. The molecule has 1 atom stereocenters. The zero-order valence-corrected chi connectivity index (χ0v) is 15.8. The van der Waals surface area contributed by atoms with E-state index in [-0.39, 0.29) is 11.0 Å². The topological polar surface area (TPSA) is 60.9 Å². The number of rotatable bonds is 5. The minimum absolute atomic E-state index is 0.107. The van der Waals surface area contributed by atoms with Crippen molar-refractivity contribution in [2.75, 3.05) is 0 Å². The molecule has 2 aromatic heterocycles. The van der Waals surface area contributed by atoms with Crippen molar-refractivity contribution in [2.24, 2.45) is 7.05 Å². The van der Waals surface area contributed by atoms with E-state index in [0.717, 1.165) is 33.8 Å². The maximum Gasteiger partial charge on any atom is 0.191 e. The van der Waals surface area contributed by atoms with Gasteiger partial charge in [0.05, 0.1) is 17.1 Å². The van der Waals surface area contributed by atoms with E-state index in [9.17, 15) is 4.79 Å². The second kappa shape index (κ2) is 6.88. The van der Waals surface area contributed by atoms with Gasteiger partial charge < -0.3 is 8.98 Å². The van der Waals surface area contributed by atoms with Crippen LogP contribution in [0.25, 0.3) is 11.4 Å². The second-order valence-corrected chi connectivity index (χ2v) is 7.51. The highest BCUT2D eigenvalue weighted by Crippen LogP contribution is 2.29. The van der Waals surface area contributed by atoms with Gasteiger partial charge in [-0.05, 0) is 45.4 Å². The third kappa shape index (κ3) is 3.39. The Morgan fingerprint density at radius 1 is 1.20 bits per heavy atom. The number of aryl methyl sites for hydroxylation is 3. The minimum Gasteiger partial charge on any atom is -0.469 e. The van der Waals surface area contributed by atoms with E-state index in [2.05, 4.69) is 10.2 Å². The molecular weight excluding hydrogens is 334 g/mol. The van der Waals surface area contributed by atoms with Gasteiger partial charge in [0.15, 0.2) is 16.8 Å². The predicted molar refractivity (Wildman–Crippen MR) is 99.0 cm³/mol. The Hall–Kier alpha value is -2.34. The number of benzene rings is 1. The molecular formula is C19H21N3O2S. The van der Waals surface area contributed by atoms with Crippen molar-refractivity contribution in [3.05, 3.63) is 53.0 Å². The zero-order chi connectivity index (χ0) is 18.1. The number of aromatic nitrogens is 3. The van der Waals surface area contributed by atoms with Crippen LogP contribution < -0.4 is 0 Å². The van der Waals surface area contributed by atoms with Crippen LogP contribution in [0.3, 0.4) is 0 Å². The number of furan rings is 1. The molecule has 1 aromatic carbocycles. The van der Waals surface area contributed by atoms with Gasteiger partial charge in [-0.2, -0.15) is 0 Å². The fourth-order valence-electron chi connectivity index (χ4n) is 2.70. The Labute approximate surface area is 151 Å². The highest BCUT2D eigenvalue weighted by atomic mass is 32.2. The van der Waals surface area contributed by atoms with Crippen molar-refractivity contribution in [2.45, 2.75) is 38.1 Å². The molecule has 2 heterocycles. The van der Waals surface area contributed by atoms with Crippen LogP contribution in [0.2, 0.25) is 0 Å². The molecule has 0 fully saturated rings. The first-order chi connectivity index (χ1) is 11.9. The van der Waals surface area contributed by atoms with E-state index in [4.69, 9.17) is 4.42 Å². The Bertz CT molecular complexity index is 927. The molecule has 0 bridgehead atoms. The molecule has 0 unspecified atom stereocenters. The minimum atomic E-state index is -0.248. The molecule has 0 radical (unpaired) electrons. The summed E-state index contributed by atoms with van der Waals surface area (Å²) < 4.78 is 7.24. The summed E-state index contributed by atoms with van der Waals surface area (Å²) in [6, 6.07) is 7.83.